The molecule has 1 radical (unpaired) electrons. The zero-order valence-electron chi connectivity index (χ0n) is 27.9. The van der Waals surface area contributed by atoms with E-state index in [9.17, 15) is 0 Å². The minimum absolute atomic E-state index is 0. The van der Waals surface area contributed by atoms with Crippen molar-refractivity contribution in [1.82, 2.24) is 19.1 Å². The maximum atomic E-state index is 4.76. The van der Waals surface area contributed by atoms with Crippen LogP contribution >= 0.6 is 15.9 Å². The van der Waals surface area contributed by atoms with E-state index in [0.29, 0.717) is 0 Å². The normalized spacial score (nSPS) is 11.2. The number of rotatable bonds is 4. The Morgan fingerprint density at radius 2 is 1.09 bits per heavy atom. The minimum Gasteiger partial charge on any atom is -0.337 e. The molecule has 0 aliphatic rings. The molecule has 247 valence electrons. The van der Waals surface area contributed by atoms with Crippen LogP contribution in [0.15, 0.2) is 114 Å². The van der Waals surface area contributed by atoms with E-state index in [1.807, 2.05) is 30.6 Å². The number of hydrogen-bond donors (Lipinski definition) is 0. The molecular weight excluding hydrogens is 821 g/mol. The van der Waals surface area contributed by atoms with Crippen LogP contribution in [0.5, 0.6) is 0 Å². The molecule has 47 heavy (non-hydrogen) atoms. The summed E-state index contributed by atoms with van der Waals surface area (Å²) in [5.41, 5.74) is 9.28. The molecule has 0 spiro atoms. The second-order valence-electron chi connectivity index (χ2n) is 13.5. The molecule has 0 N–H and O–H groups in total. The van der Waals surface area contributed by atoms with Crippen molar-refractivity contribution in [3.05, 3.63) is 143 Å². The Kier molecular flexibility index (Phi) is 12.5. The molecule has 2 aromatic heterocycles. The number of hydrogen-bond acceptors (Lipinski definition) is 2. The molecule has 0 fully saturated rings. The molecule has 4 aromatic carbocycles. The van der Waals surface area contributed by atoms with Crippen molar-refractivity contribution in [1.29, 1.82) is 0 Å². The topological polar surface area (TPSA) is 35.6 Å². The van der Waals surface area contributed by atoms with Crippen LogP contribution in [0.2, 0.25) is 0 Å². The number of aryl methyl sites for hydroxylation is 2. The standard InChI is InChI=1S/C20H21BrN2.C20H21N2.CH4.Ir/c1-14-10-11-17(21)16(12-14)19-22-13-18(20(2,3)4)23(19)15-8-6-5-7-9-15;1-15-9-8-10-16(13-15)19-21-14-18(20(2,3)4)22(19)17-11-6-5-7-12-17;;/h5-13H,1-4H3;5-9,11-14H,1-4H3;1H4;/q;-1;;. The second kappa shape index (κ2) is 15.6. The Morgan fingerprint density at radius 1 is 0.617 bits per heavy atom. The van der Waals surface area contributed by atoms with Crippen molar-refractivity contribution in [2.75, 3.05) is 0 Å². The number of imidazole rings is 2. The Bertz CT molecular complexity index is 1890. The summed E-state index contributed by atoms with van der Waals surface area (Å²) in [6.45, 7) is 17.5. The van der Waals surface area contributed by atoms with Gasteiger partial charge in [-0.05, 0) is 43.3 Å². The van der Waals surface area contributed by atoms with Gasteiger partial charge in [-0.15, -0.1) is 35.4 Å². The van der Waals surface area contributed by atoms with Gasteiger partial charge in [0.2, 0.25) is 0 Å². The third-order valence-corrected chi connectivity index (χ3v) is 8.34. The zero-order valence-corrected chi connectivity index (χ0v) is 31.9. The van der Waals surface area contributed by atoms with Gasteiger partial charge in [0.15, 0.2) is 0 Å². The van der Waals surface area contributed by atoms with E-state index in [4.69, 9.17) is 9.97 Å². The summed E-state index contributed by atoms with van der Waals surface area (Å²) in [6.07, 6.45) is 3.98. The first-order valence-electron chi connectivity index (χ1n) is 15.4. The molecule has 0 bridgehead atoms. The summed E-state index contributed by atoms with van der Waals surface area (Å²) < 4.78 is 5.57. The molecular formula is C41H46BrIrN4-. The van der Waals surface area contributed by atoms with Crippen LogP contribution in [0.3, 0.4) is 0 Å². The van der Waals surface area contributed by atoms with E-state index in [1.165, 1.54) is 22.5 Å². The summed E-state index contributed by atoms with van der Waals surface area (Å²) in [6, 6.07) is 36.7. The molecule has 0 atom stereocenters. The molecule has 6 heteroatoms. The van der Waals surface area contributed by atoms with Crippen molar-refractivity contribution >= 4 is 15.9 Å². The third-order valence-electron chi connectivity index (χ3n) is 7.65. The Hall–Kier alpha value is -3.57. The average molecular weight is 867 g/mol. The molecule has 0 unspecified atom stereocenters. The fourth-order valence-electron chi connectivity index (χ4n) is 5.34. The minimum atomic E-state index is 0. The first kappa shape index (κ1) is 37.9. The Balaban J connectivity index is 0.000000245. The number of benzene rings is 4. The van der Waals surface area contributed by atoms with Crippen LogP contribution in [0.4, 0.5) is 0 Å². The van der Waals surface area contributed by atoms with Gasteiger partial charge in [0.05, 0.1) is 5.82 Å². The third kappa shape index (κ3) is 8.67. The summed E-state index contributed by atoms with van der Waals surface area (Å²) in [5.74, 6) is 1.91. The van der Waals surface area contributed by atoms with Gasteiger partial charge < -0.3 is 4.57 Å². The Labute approximate surface area is 303 Å². The molecule has 0 saturated heterocycles. The fourth-order valence-corrected chi connectivity index (χ4v) is 5.76. The van der Waals surface area contributed by atoms with Gasteiger partial charge in [-0.25, -0.2) is 4.98 Å². The van der Waals surface area contributed by atoms with Gasteiger partial charge in [-0.2, -0.15) is 0 Å². The SMILES string of the molecule is C.Cc1cc[c-]c(-c2ncc(C(C)(C)C)n2-c2ccccc2)c1.Cc1ccc(Br)c(-c2ncc(C(C)(C)C)n2-c2ccccc2)c1.[Ir]. The van der Waals surface area contributed by atoms with E-state index in [2.05, 4.69) is 165 Å². The Morgan fingerprint density at radius 3 is 1.57 bits per heavy atom. The fraction of sp³-hybridized carbons (Fsp3) is 0.268. The molecule has 6 aromatic rings. The molecule has 0 amide bonds. The number of halogens is 1. The molecule has 0 saturated carbocycles. The van der Waals surface area contributed by atoms with Crippen LogP contribution in [0, 0.1) is 19.9 Å². The van der Waals surface area contributed by atoms with E-state index in [-0.39, 0.29) is 38.4 Å². The van der Waals surface area contributed by atoms with Crippen LogP contribution in [0.1, 0.15) is 71.5 Å². The average Bonchev–Trinajstić information content (AvgIpc) is 3.66. The van der Waals surface area contributed by atoms with Crippen LogP contribution in [-0.4, -0.2) is 19.1 Å². The quantitative estimate of drug-likeness (QED) is 0.166. The predicted molar refractivity (Wildman–Crippen MR) is 198 cm³/mol. The maximum absolute atomic E-state index is 4.76. The number of aromatic nitrogens is 4. The summed E-state index contributed by atoms with van der Waals surface area (Å²) in [4.78, 5) is 9.47. The van der Waals surface area contributed by atoms with Gasteiger partial charge in [0.1, 0.15) is 5.82 Å². The van der Waals surface area contributed by atoms with E-state index in [1.54, 1.807) is 0 Å². The van der Waals surface area contributed by atoms with Crippen molar-refractivity contribution in [3.8, 4) is 34.2 Å². The number of para-hydroxylation sites is 2. The van der Waals surface area contributed by atoms with Crippen molar-refractivity contribution in [3.63, 3.8) is 0 Å². The molecule has 0 aliphatic carbocycles. The van der Waals surface area contributed by atoms with Gasteiger partial charge >= 0.3 is 0 Å². The summed E-state index contributed by atoms with van der Waals surface area (Å²) >= 11 is 3.68. The molecule has 0 aliphatic heterocycles. The van der Waals surface area contributed by atoms with Crippen molar-refractivity contribution in [2.45, 2.75) is 73.6 Å². The monoisotopic (exact) mass is 866 g/mol. The van der Waals surface area contributed by atoms with Crippen LogP contribution in [0.25, 0.3) is 34.2 Å². The van der Waals surface area contributed by atoms with E-state index < -0.39 is 0 Å². The smallest absolute Gasteiger partial charge is 0.145 e. The first-order chi connectivity index (χ1) is 21.3. The largest absolute Gasteiger partial charge is 0.337 e. The molecule has 6 rings (SSSR count). The van der Waals surface area contributed by atoms with Crippen molar-refractivity contribution < 1.29 is 20.1 Å². The van der Waals surface area contributed by atoms with Crippen LogP contribution < -0.4 is 0 Å². The van der Waals surface area contributed by atoms with Gasteiger partial charge in [-0.3, -0.25) is 9.55 Å². The van der Waals surface area contributed by atoms with E-state index >= 15 is 0 Å². The van der Waals surface area contributed by atoms with Gasteiger partial charge in [0, 0.05) is 76.1 Å². The van der Waals surface area contributed by atoms with Gasteiger partial charge in [0.25, 0.3) is 0 Å². The first-order valence-corrected chi connectivity index (χ1v) is 16.2. The molecule has 2 heterocycles. The second-order valence-corrected chi connectivity index (χ2v) is 14.4. The summed E-state index contributed by atoms with van der Waals surface area (Å²) in [7, 11) is 0. The molecule has 4 nitrogen and oxygen atoms in total. The zero-order chi connectivity index (χ0) is 32.4. The predicted octanol–water partition coefficient (Wildman–Crippen LogP) is 11.5. The van der Waals surface area contributed by atoms with Crippen molar-refractivity contribution in [2.24, 2.45) is 0 Å². The van der Waals surface area contributed by atoms with Crippen LogP contribution in [-0.2, 0) is 30.9 Å². The van der Waals surface area contributed by atoms with Gasteiger partial charge in [-0.1, -0.05) is 120 Å². The summed E-state index contributed by atoms with van der Waals surface area (Å²) in [5, 5.41) is 0. The maximum Gasteiger partial charge on any atom is 0.145 e. The van der Waals surface area contributed by atoms with E-state index in [0.717, 1.165) is 38.6 Å². The number of nitrogens with zero attached hydrogens (tertiary/aromatic N) is 4.